The van der Waals surface area contributed by atoms with E-state index in [4.69, 9.17) is 140 Å². The van der Waals surface area contributed by atoms with Gasteiger partial charge in [-0.3, -0.25) is 75.5 Å². The Bertz CT molecular complexity index is 5270. The summed E-state index contributed by atoms with van der Waals surface area (Å²) in [6, 6.07) is 0. The van der Waals surface area contributed by atoms with Gasteiger partial charge in [0.1, 0.15) is 95.3 Å². The number of hydrogen-bond donors (Lipinski definition) is 24. The molecule has 8 rings (SSSR count). The molecule has 0 radical (unpaired) electrons. The number of aliphatic hydroxyl groups excluding tert-OH is 8. The highest BCUT2D eigenvalue weighted by atomic mass is 35.5. The zero-order valence-electron chi connectivity index (χ0n) is 56.3. The number of H-pyrrole nitrogens is 4. The molecule has 4 saturated heterocycles. The lowest BCUT2D eigenvalue weighted by Crippen LogP contribution is -2.43. The largest absolute Gasteiger partial charge is 0.481 e. The van der Waals surface area contributed by atoms with Gasteiger partial charge in [-0.05, 0) is 36.7 Å². The van der Waals surface area contributed by atoms with Gasteiger partial charge in [-0.25, -0.2) is 58.9 Å². The predicted molar refractivity (Wildman–Crippen MR) is 339 cm³/mol. The molecule has 53 nitrogen and oxygen atoms in total. The fraction of sp³-hybridized carbons (Fsp3) is 0.556. The number of phosphoric acid groups is 8. The van der Waals surface area contributed by atoms with Gasteiger partial charge in [-0.1, -0.05) is 46.4 Å². The van der Waals surface area contributed by atoms with Crippen LogP contribution in [0.3, 0.4) is 0 Å². The first-order valence-electron chi connectivity index (χ1n) is 28.9. The third-order valence-corrected chi connectivity index (χ3v) is 22.3. The number of halogens is 8. The van der Waals surface area contributed by atoms with Crippen LogP contribution in [0.4, 0.5) is 17.6 Å². The normalized spacial score (nSPS) is 33.4. The van der Waals surface area contributed by atoms with Crippen molar-refractivity contribution in [3.63, 3.8) is 0 Å². The van der Waals surface area contributed by atoms with E-state index in [1.165, 1.54) is 0 Å². The van der Waals surface area contributed by atoms with Crippen LogP contribution in [0, 0.1) is 14.3 Å². The molecular weight excluding hydrogens is 1830 g/mol. The predicted octanol–water partition coefficient (Wildman–Crippen LogP) is -2.56. The second-order valence-corrected chi connectivity index (χ2v) is 34.0. The Labute approximate surface area is 631 Å². The average molecular weight is 1880 g/mol. The maximum Gasteiger partial charge on any atom is 0.481 e. The summed E-state index contributed by atoms with van der Waals surface area (Å²) < 4.78 is 242. The Morgan fingerprint density at radius 1 is 0.407 bits per heavy atom. The highest BCUT2D eigenvalue weighted by Crippen LogP contribution is 2.62. The minimum absolute atomic E-state index is 0.335. The van der Waals surface area contributed by atoms with E-state index in [2.05, 4.69) is 54.3 Å². The van der Waals surface area contributed by atoms with Crippen molar-refractivity contribution >= 4 is 146 Å². The molecule has 20 atom stereocenters. The van der Waals surface area contributed by atoms with Crippen LogP contribution in [-0.2, 0) is 90.8 Å². The topological polar surface area (TPSA) is 820 Å². The van der Waals surface area contributed by atoms with Gasteiger partial charge in [0.2, 0.25) is 0 Å². The van der Waals surface area contributed by atoms with Gasteiger partial charge in [0.15, 0.2) is 39.2 Å². The summed E-state index contributed by atoms with van der Waals surface area (Å²) in [7, 11) is -45.4. The number of aromatic amines is 4. The Balaban J connectivity index is 0.000000272. The van der Waals surface area contributed by atoms with E-state index < -0.39 is 248 Å². The van der Waals surface area contributed by atoms with Crippen LogP contribution in [0.25, 0.3) is 0 Å². The van der Waals surface area contributed by atoms with Gasteiger partial charge in [0.25, 0.3) is 45.7 Å². The summed E-state index contributed by atoms with van der Waals surface area (Å²) in [5.74, 6) is -15.4. The van der Waals surface area contributed by atoms with Crippen molar-refractivity contribution in [2.45, 2.75) is 97.1 Å². The van der Waals surface area contributed by atoms with Gasteiger partial charge >= 0.3 is 68.3 Å². The van der Waals surface area contributed by atoms with Crippen molar-refractivity contribution in [1.82, 2.24) is 38.2 Å². The lowest BCUT2D eigenvalue weighted by atomic mass is 10.1. The number of hydrogen-bond acceptors (Lipinski definition) is 36. The fourth-order valence-corrected chi connectivity index (χ4v) is 15.1. The standard InChI is InChI=1S/C9H12ClFN2O12P2.3C9H12ClFN2O11P2S/c10-3-1-13(8(17)12-6(3)16)7-4(14)5(15)9(11,24-7)2-23-27(21,22)25-26(18,19)20;3*10-3-1-13(8(27)12-6(3)16)7-4(14)5(15)9(11,23-7)2-22-26(20,21)24-25(17,18)19/h1,4-5,7,14-15H,2H2,(H,21,22)(H,12,16,17)(H2,18,19,20);3*1,4-5,7,14-15H,2H2,(H,20,21)(H,12,16,27)(H2,17,18,19)/t4*4-,5+,7-,9-/m1111/s1/i;2D2,7D;7D;2D2. The minimum atomic E-state index is -6.02. The first-order chi connectivity index (χ1) is 50.8. The van der Waals surface area contributed by atoms with E-state index >= 15 is 8.78 Å². The van der Waals surface area contributed by atoms with Crippen LogP contribution in [0.5, 0.6) is 0 Å². The molecule has 4 aliphatic rings. The minimum Gasteiger partial charge on any atom is -0.385 e. The summed E-state index contributed by atoms with van der Waals surface area (Å²) in [6.45, 7) is -11.7. The highest BCUT2D eigenvalue weighted by molar-refractivity contribution is 7.71. The number of rotatable bonds is 24. The second kappa shape index (κ2) is 35.5. The number of phosphoric ester groups is 4. The van der Waals surface area contributed by atoms with E-state index in [9.17, 15) is 120 Å². The number of ether oxygens (including phenoxy) is 4. The molecule has 616 valence electrons. The molecule has 72 heteroatoms. The summed E-state index contributed by atoms with van der Waals surface area (Å²) >= 11 is 36.6. The van der Waals surface area contributed by atoms with E-state index in [1.54, 1.807) is 4.98 Å². The van der Waals surface area contributed by atoms with E-state index in [0.29, 0.717) is 36.9 Å². The van der Waals surface area contributed by atoms with Gasteiger partial charge in [0.05, 0.1) is 8.22 Å². The number of nitrogens with one attached hydrogen (secondary N) is 4. The molecule has 108 heavy (non-hydrogen) atoms. The van der Waals surface area contributed by atoms with Gasteiger partial charge in [-0.15, -0.1) is 0 Å². The molecule has 4 fully saturated rings. The van der Waals surface area contributed by atoms with E-state index in [1.807, 2.05) is 15.0 Å². The van der Waals surface area contributed by atoms with Crippen LogP contribution in [0.1, 0.15) is 33.1 Å². The molecule has 4 aromatic rings. The molecule has 4 aliphatic heterocycles. The SMILES string of the molecule is O=c1[nH]c(=O)n([C@@H]2O[C@](F)(COP(=O)(O)OP(=O)(O)O)[C@@H](O)[C@H]2O)cc1Cl.[2H]C([2H])(OP(=O)(O)OP(=O)(O)O)[C@@]1(F)O[C@@H](n2cc(Cl)c(=O)[nH]c2=S)[C@H](O)[C@@H]1O.[2H]C([2H])(OP(=O)(O)OP(=O)(O)O)[C@@]1(F)O[C@@]([2H])(n2cc(Cl)c(=O)[nH]c2=S)[C@H](O)[C@@H]1O.[2H][C@@]1(n2cc(Cl)c(=O)[nH]c2=S)O[C@](F)(COP(=O)(O)OP(=O)(O)O)[C@@H](O)[C@H]1O. The third kappa shape index (κ3) is 25.7. The molecular formula is C36H48Cl4F4N8O45P8S3. The summed E-state index contributed by atoms with van der Waals surface area (Å²) in [5.41, 5.74) is -4.86. The van der Waals surface area contributed by atoms with Crippen LogP contribution < -0.4 is 27.9 Å². The first-order valence-corrected chi connectivity index (χ1v) is 40.8. The molecule has 0 aromatic carbocycles. The Morgan fingerprint density at radius 3 is 1.00 bits per heavy atom. The summed E-state index contributed by atoms with van der Waals surface area (Å²) in [5, 5.41) is 77.5. The summed E-state index contributed by atoms with van der Waals surface area (Å²) in [4.78, 5) is 170. The molecule has 24 N–H and O–H groups in total. The van der Waals surface area contributed by atoms with Gasteiger partial charge in [-0.2, -0.15) is 17.2 Å². The molecule has 8 heterocycles. The Morgan fingerprint density at radius 2 is 0.648 bits per heavy atom. The molecule has 0 amide bonds. The van der Waals surface area contributed by atoms with E-state index in [-0.39, 0.29) is 0 Å². The molecule has 4 unspecified atom stereocenters. The quantitative estimate of drug-likeness (QED) is 0.0195. The lowest BCUT2D eigenvalue weighted by molar-refractivity contribution is -0.205. The van der Waals surface area contributed by atoms with Gasteiger partial charge < -0.3 is 119 Å². The van der Waals surface area contributed by atoms with Gasteiger partial charge in [0, 0.05) is 24.8 Å². The van der Waals surface area contributed by atoms with Crippen LogP contribution >= 0.6 is 146 Å². The fourth-order valence-electron chi connectivity index (χ4n) is 7.66. The smallest absolute Gasteiger partial charge is 0.385 e. The maximum atomic E-state index is 15.3. The van der Waals surface area contributed by atoms with Crippen molar-refractivity contribution in [1.29, 1.82) is 0 Å². The maximum absolute atomic E-state index is 15.3. The average Bonchev–Trinajstić information content (AvgIpc) is 1.55. The van der Waals surface area contributed by atoms with Crippen molar-refractivity contribution in [2.24, 2.45) is 0 Å². The number of nitrogens with zero attached hydrogens (tertiary/aromatic N) is 4. The van der Waals surface area contributed by atoms with Crippen LogP contribution in [0.15, 0.2) is 48.8 Å². The lowest BCUT2D eigenvalue weighted by Gasteiger charge is -2.24. The number of alkyl halides is 4. The van der Waals surface area contributed by atoms with Crippen molar-refractivity contribution in [2.75, 3.05) is 26.3 Å². The highest BCUT2D eigenvalue weighted by Gasteiger charge is 2.61. The van der Waals surface area contributed by atoms with E-state index in [0.717, 1.165) is 6.20 Å². The second-order valence-electron chi connectivity index (χ2n) is 20.0. The van der Waals surface area contributed by atoms with Crippen molar-refractivity contribution in [3.8, 4) is 0 Å². The molecule has 0 bridgehead atoms. The molecule has 4 aromatic heterocycles. The van der Waals surface area contributed by atoms with Crippen LogP contribution in [0.2, 0.25) is 20.1 Å². The number of aliphatic hydroxyl groups is 8. The van der Waals surface area contributed by atoms with Crippen molar-refractivity contribution < 1.29 is 216 Å². The Hall–Kier alpha value is -2.58. The zero-order valence-corrected chi connectivity index (χ0v) is 62.9. The Kier molecular flexibility index (Phi) is 28.3. The zero-order chi connectivity index (χ0) is 88.6. The third-order valence-electron chi connectivity index (χ3n) is 12.1. The van der Waals surface area contributed by atoms with Crippen molar-refractivity contribution in [3.05, 3.63) is 111 Å². The number of aromatic nitrogens is 8. The monoisotopic (exact) mass is 1880 g/mol. The summed E-state index contributed by atoms with van der Waals surface area (Å²) in [6.07, 6.45) is -27.6. The molecule has 0 spiro atoms. The molecule has 0 saturated carbocycles. The molecule has 0 aliphatic carbocycles. The first kappa shape index (κ1) is 86.3. The van der Waals surface area contributed by atoms with Crippen LogP contribution in [-0.4, -0.2) is 236 Å².